The average molecular weight is 348 g/mol. The molecule has 1 amide bonds. The Hall–Kier alpha value is -2.38. The van der Waals surface area contributed by atoms with E-state index in [1.807, 2.05) is 25.1 Å². The summed E-state index contributed by atoms with van der Waals surface area (Å²) in [6.07, 6.45) is -0.673. The zero-order chi connectivity index (χ0) is 17.7. The standard InChI is InChI=1S/C17H20N2O4S/c1-12-5-3-7-15(9-12)23-13(2)17(20)19-11-14-6-4-8-16(10-14)24(18,21)22/h3-10,13H,11H2,1-2H3,(H,19,20)(H2,18,21,22). The summed E-state index contributed by atoms with van der Waals surface area (Å²) < 4.78 is 28.3. The van der Waals surface area contributed by atoms with E-state index in [2.05, 4.69) is 5.32 Å². The summed E-state index contributed by atoms with van der Waals surface area (Å²) in [7, 11) is -3.76. The molecule has 7 heteroatoms. The van der Waals surface area contributed by atoms with E-state index in [4.69, 9.17) is 9.88 Å². The number of carbonyl (C=O) groups excluding carboxylic acids is 1. The van der Waals surface area contributed by atoms with Crippen LogP contribution < -0.4 is 15.2 Å². The minimum Gasteiger partial charge on any atom is -0.481 e. The molecular formula is C17H20N2O4S. The van der Waals surface area contributed by atoms with Crippen molar-refractivity contribution >= 4 is 15.9 Å². The van der Waals surface area contributed by atoms with Gasteiger partial charge in [-0.2, -0.15) is 0 Å². The maximum absolute atomic E-state index is 12.1. The lowest BCUT2D eigenvalue weighted by atomic mass is 10.2. The third kappa shape index (κ3) is 5.07. The molecule has 0 fully saturated rings. The average Bonchev–Trinajstić information content (AvgIpc) is 2.52. The summed E-state index contributed by atoms with van der Waals surface area (Å²) in [6, 6.07) is 13.6. The lowest BCUT2D eigenvalue weighted by Gasteiger charge is -2.15. The molecule has 1 atom stereocenters. The first kappa shape index (κ1) is 18.0. The van der Waals surface area contributed by atoms with Crippen LogP contribution in [0, 0.1) is 6.92 Å². The predicted octanol–water partition coefficient (Wildman–Crippen LogP) is 1.73. The SMILES string of the molecule is Cc1cccc(OC(C)C(=O)NCc2cccc(S(N)(=O)=O)c2)c1. The molecule has 2 aromatic rings. The molecule has 0 saturated carbocycles. The Kier molecular flexibility index (Phi) is 5.58. The largest absolute Gasteiger partial charge is 0.481 e. The van der Waals surface area contributed by atoms with E-state index < -0.39 is 16.1 Å². The van der Waals surface area contributed by atoms with Gasteiger partial charge in [0.25, 0.3) is 5.91 Å². The number of hydrogen-bond donors (Lipinski definition) is 2. The summed E-state index contributed by atoms with van der Waals surface area (Å²) >= 11 is 0. The molecule has 3 N–H and O–H groups in total. The van der Waals surface area contributed by atoms with Crippen LogP contribution in [-0.2, 0) is 21.4 Å². The second-order valence-electron chi connectivity index (χ2n) is 5.49. The second kappa shape index (κ2) is 7.46. The summed E-state index contributed by atoms with van der Waals surface area (Å²) in [5, 5.41) is 7.81. The van der Waals surface area contributed by atoms with Gasteiger partial charge in [-0.3, -0.25) is 4.79 Å². The molecule has 1 unspecified atom stereocenters. The van der Waals surface area contributed by atoms with E-state index in [0.29, 0.717) is 11.3 Å². The van der Waals surface area contributed by atoms with Crippen LogP contribution >= 0.6 is 0 Å². The van der Waals surface area contributed by atoms with Gasteiger partial charge in [0.1, 0.15) is 5.75 Å². The minimum atomic E-state index is -3.76. The maximum Gasteiger partial charge on any atom is 0.261 e. The summed E-state index contributed by atoms with van der Waals surface area (Å²) in [6.45, 7) is 3.78. The number of nitrogens with two attached hydrogens (primary N) is 1. The quantitative estimate of drug-likeness (QED) is 0.830. The van der Waals surface area contributed by atoms with Crippen molar-refractivity contribution in [3.05, 3.63) is 59.7 Å². The molecule has 0 aliphatic rings. The zero-order valence-electron chi connectivity index (χ0n) is 13.5. The Balaban J connectivity index is 1.95. The fourth-order valence-electron chi connectivity index (χ4n) is 2.11. The molecule has 0 bridgehead atoms. The van der Waals surface area contributed by atoms with Gasteiger partial charge >= 0.3 is 0 Å². The highest BCUT2D eigenvalue weighted by molar-refractivity contribution is 7.89. The van der Waals surface area contributed by atoms with Gasteiger partial charge in [0.2, 0.25) is 10.0 Å². The van der Waals surface area contributed by atoms with Crippen LogP contribution in [0.4, 0.5) is 0 Å². The molecule has 0 heterocycles. The second-order valence-corrected chi connectivity index (χ2v) is 7.05. The van der Waals surface area contributed by atoms with Crippen molar-refractivity contribution in [3.8, 4) is 5.75 Å². The van der Waals surface area contributed by atoms with Gasteiger partial charge in [-0.25, -0.2) is 13.6 Å². The number of carbonyl (C=O) groups is 1. The first-order valence-electron chi connectivity index (χ1n) is 7.38. The van der Waals surface area contributed by atoms with Gasteiger partial charge in [0, 0.05) is 6.54 Å². The van der Waals surface area contributed by atoms with Gasteiger partial charge in [-0.1, -0.05) is 24.3 Å². The first-order chi connectivity index (χ1) is 11.3. The van der Waals surface area contributed by atoms with Crippen molar-refractivity contribution in [3.63, 3.8) is 0 Å². The molecule has 0 aromatic heterocycles. The van der Waals surface area contributed by atoms with Crippen molar-refractivity contribution in [1.82, 2.24) is 5.32 Å². The normalized spacial score (nSPS) is 12.5. The topological polar surface area (TPSA) is 98.5 Å². The Morgan fingerprint density at radius 3 is 2.58 bits per heavy atom. The van der Waals surface area contributed by atoms with E-state index in [1.165, 1.54) is 12.1 Å². The molecule has 2 rings (SSSR count). The Bertz CT molecular complexity index is 834. The Morgan fingerprint density at radius 1 is 1.21 bits per heavy atom. The Labute approximate surface area is 141 Å². The lowest BCUT2D eigenvalue weighted by Crippen LogP contribution is -2.35. The lowest BCUT2D eigenvalue weighted by molar-refractivity contribution is -0.127. The number of rotatable bonds is 6. The van der Waals surface area contributed by atoms with E-state index in [-0.39, 0.29) is 17.3 Å². The van der Waals surface area contributed by atoms with Crippen molar-refractivity contribution in [2.24, 2.45) is 5.14 Å². The highest BCUT2D eigenvalue weighted by Crippen LogP contribution is 2.14. The highest BCUT2D eigenvalue weighted by atomic mass is 32.2. The molecule has 0 spiro atoms. The molecule has 0 aliphatic heterocycles. The van der Waals surface area contributed by atoms with Gasteiger partial charge in [-0.15, -0.1) is 0 Å². The number of primary sulfonamides is 1. The van der Waals surface area contributed by atoms with Crippen LogP contribution in [0.2, 0.25) is 0 Å². The van der Waals surface area contributed by atoms with Gasteiger partial charge in [0.05, 0.1) is 4.90 Å². The van der Waals surface area contributed by atoms with Crippen molar-refractivity contribution in [1.29, 1.82) is 0 Å². The number of amides is 1. The fourth-order valence-corrected chi connectivity index (χ4v) is 2.70. The molecule has 2 aromatic carbocycles. The van der Waals surface area contributed by atoms with E-state index >= 15 is 0 Å². The monoisotopic (exact) mass is 348 g/mol. The number of hydrogen-bond acceptors (Lipinski definition) is 4. The zero-order valence-corrected chi connectivity index (χ0v) is 14.3. The summed E-state index contributed by atoms with van der Waals surface area (Å²) in [4.78, 5) is 12.1. The maximum atomic E-state index is 12.1. The predicted molar refractivity (Wildman–Crippen MR) is 90.9 cm³/mol. The molecule has 0 saturated heterocycles. The Morgan fingerprint density at radius 2 is 1.92 bits per heavy atom. The number of benzene rings is 2. The summed E-state index contributed by atoms with van der Waals surface area (Å²) in [5.41, 5.74) is 1.68. The summed E-state index contributed by atoms with van der Waals surface area (Å²) in [5.74, 6) is 0.325. The third-order valence-corrected chi connectivity index (χ3v) is 4.28. The van der Waals surface area contributed by atoms with Crippen molar-refractivity contribution in [2.45, 2.75) is 31.4 Å². The van der Waals surface area contributed by atoms with Crippen LogP contribution in [0.25, 0.3) is 0 Å². The minimum absolute atomic E-state index is 0.0123. The van der Waals surface area contributed by atoms with Crippen LogP contribution in [0.5, 0.6) is 5.75 Å². The van der Waals surface area contributed by atoms with Crippen molar-refractivity contribution < 1.29 is 17.9 Å². The van der Waals surface area contributed by atoms with E-state index in [1.54, 1.807) is 25.1 Å². The van der Waals surface area contributed by atoms with Crippen LogP contribution in [-0.4, -0.2) is 20.4 Å². The van der Waals surface area contributed by atoms with Crippen molar-refractivity contribution in [2.75, 3.05) is 0 Å². The highest BCUT2D eigenvalue weighted by Gasteiger charge is 2.15. The number of ether oxygens (including phenoxy) is 1. The third-order valence-electron chi connectivity index (χ3n) is 3.37. The van der Waals surface area contributed by atoms with Gasteiger partial charge < -0.3 is 10.1 Å². The van der Waals surface area contributed by atoms with Gasteiger partial charge in [0.15, 0.2) is 6.10 Å². The number of aryl methyl sites for hydroxylation is 1. The first-order valence-corrected chi connectivity index (χ1v) is 8.93. The molecule has 6 nitrogen and oxygen atoms in total. The van der Waals surface area contributed by atoms with E-state index in [0.717, 1.165) is 5.56 Å². The number of sulfonamides is 1. The van der Waals surface area contributed by atoms with Crippen LogP contribution in [0.1, 0.15) is 18.1 Å². The molecule has 128 valence electrons. The number of nitrogens with one attached hydrogen (secondary N) is 1. The molecular weight excluding hydrogens is 328 g/mol. The smallest absolute Gasteiger partial charge is 0.261 e. The van der Waals surface area contributed by atoms with Crippen LogP contribution in [0.15, 0.2) is 53.4 Å². The molecule has 24 heavy (non-hydrogen) atoms. The molecule has 0 radical (unpaired) electrons. The van der Waals surface area contributed by atoms with E-state index in [9.17, 15) is 13.2 Å². The fraction of sp³-hybridized carbons (Fsp3) is 0.235. The van der Waals surface area contributed by atoms with Crippen LogP contribution in [0.3, 0.4) is 0 Å². The van der Waals surface area contributed by atoms with Gasteiger partial charge in [-0.05, 0) is 49.2 Å². The molecule has 0 aliphatic carbocycles.